The highest BCUT2D eigenvalue weighted by molar-refractivity contribution is 7.89. The molecule has 3 aliphatic heterocycles. The van der Waals surface area contributed by atoms with Gasteiger partial charge in [0.25, 0.3) is 0 Å². The summed E-state index contributed by atoms with van der Waals surface area (Å²) in [5, 5.41) is 0.393. The molecule has 2 N–H and O–H groups in total. The van der Waals surface area contributed by atoms with Gasteiger partial charge in [0.2, 0.25) is 21.8 Å². The maximum absolute atomic E-state index is 13.7. The molecule has 1 aromatic rings. The van der Waals surface area contributed by atoms with Gasteiger partial charge in [-0.1, -0.05) is 29.3 Å². The van der Waals surface area contributed by atoms with Crippen LogP contribution in [0.4, 0.5) is 0 Å². The van der Waals surface area contributed by atoms with E-state index in [-0.39, 0.29) is 32.8 Å². The molecular formula is C20H23Cl2N3O4S. The molecule has 1 aromatic carbocycles. The van der Waals surface area contributed by atoms with Gasteiger partial charge in [-0.25, -0.2) is 8.42 Å². The number of carbonyl (C=O) groups excluding carboxylic acids is 2. The molecule has 2 amide bonds. The smallest absolute Gasteiger partial charge is 0.244 e. The summed E-state index contributed by atoms with van der Waals surface area (Å²) in [6.45, 7) is 3.93. The highest BCUT2D eigenvalue weighted by Gasteiger charge is 2.56. The van der Waals surface area contributed by atoms with Gasteiger partial charge in [0.15, 0.2) is 0 Å². The summed E-state index contributed by atoms with van der Waals surface area (Å²) in [5.41, 5.74) is 5.57. The minimum Gasteiger partial charge on any atom is -0.368 e. The number of hydrogen-bond donors (Lipinski definition) is 1. The molecule has 0 unspecified atom stereocenters. The number of piperidine rings is 1. The van der Waals surface area contributed by atoms with Crippen LogP contribution in [0.1, 0.15) is 32.1 Å². The largest absolute Gasteiger partial charge is 0.368 e. The molecule has 3 aliphatic rings. The Morgan fingerprint density at radius 2 is 1.77 bits per heavy atom. The first-order valence-corrected chi connectivity index (χ1v) is 12.1. The van der Waals surface area contributed by atoms with Gasteiger partial charge >= 0.3 is 0 Å². The van der Waals surface area contributed by atoms with Crippen molar-refractivity contribution in [2.45, 2.75) is 61.2 Å². The molecule has 0 saturated carbocycles. The van der Waals surface area contributed by atoms with Crippen molar-refractivity contribution in [3.63, 3.8) is 0 Å². The fraction of sp³-hybridized carbons (Fsp3) is 0.500. The molecule has 10 heteroatoms. The van der Waals surface area contributed by atoms with Crippen molar-refractivity contribution in [2.75, 3.05) is 0 Å². The molecule has 2 bridgehead atoms. The Kier molecular flexibility index (Phi) is 5.63. The monoisotopic (exact) mass is 471 g/mol. The van der Waals surface area contributed by atoms with Crippen LogP contribution in [0.5, 0.6) is 0 Å². The number of halogens is 2. The van der Waals surface area contributed by atoms with E-state index in [0.29, 0.717) is 32.1 Å². The first-order chi connectivity index (χ1) is 14.2. The Bertz CT molecular complexity index is 995. The molecule has 3 saturated heterocycles. The van der Waals surface area contributed by atoms with Crippen LogP contribution >= 0.6 is 23.2 Å². The Morgan fingerprint density at radius 1 is 1.10 bits per heavy atom. The zero-order valence-corrected chi connectivity index (χ0v) is 18.5. The van der Waals surface area contributed by atoms with Gasteiger partial charge in [0.1, 0.15) is 12.1 Å². The summed E-state index contributed by atoms with van der Waals surface area (Å²) in [7, 11) is -4.08. The second-order valence-electron chi connectivity index (χ2n) is 8.08. The highest BCUT2D eigenvalue weighted by Crippen LogP contribution is 2.44. The number of carbonyl (C=O) groups is 2. The van der Waals surface area contributed by atoms with Crippen LogP contribution in [-0.2, 0) is 19.6 Å². The topological polar surface area (TPSA) is 101 Å². The standard InChI is InChI=1S/C20H23Cl2N3O4S/c1-2-14-15-6-7-17(19(23)26)24(15)20(27)18-5-3-4-16(14)25(18)30(28,29)13-9-11(21)8-12(22)10-13/h2,8-10,14-18H,1,3-7H2,(H2,23,26)/t14-,15-,16+,17-,18-/m0/s1. The van der Waals surface area contributed by atoms with E-state index < -0.39 is 34.1 Å². The molecular weight excluding hydrogens is 449 g/mol. The molecule has 30 heavy (non-hydrogen) atoms. The average molecular weight is 472 g/mol. The summed E-state index contributed by atoms with van der Waals surface area (Å²) in [5.74, 6) is -1.25. The van der Waals surface area contributed by atoms with Gasteiger partial charge < -0.3 is 10.6 Å². The van der Waals surface area contributed by atoms with Gasteiger partial charge in [-0.2, -0.15) is 4.31 Å². The van der Waals surface area contributed by atoms with Crippen LogP contribution in [0.15, 0.2) is 35.7 Å². The van der Waals surface area contributed by atoms with Gasteiger partial charge in [-0.3, -0.25) is 9.59 Å². The fourth-order valence-electron chi connectivity index (χ4n) is 5.30. The number of rotatable bonds is 4. The van der Waals surface area contributed by atoms with Gasteiger partial charge in [0.05, 0.1) is 4.90 Å². The van der Waals surface area contributed by atoms with Gasteiger partial charge in [-0.15, -0.1) is 6.58 Å². The molecule has 4 rings (SSSR count). The van der Waals surface area contributed by atoms with Crippen LogP contribution in [0.25, 0.3) is 0 Å². The minimum absolute atomic E-state index is 0.0546. The van der Waals surface area contributed by atoms with Crippen LogP contribution in [0.3, 0.4) is 0 Å². The number of nitrogens with zero attached hydrogens (tertiary/aromatic N) is 2. The third-order valence-corrected chi connectivity index (χ3v) is 8.83. The zero-order chi connectivity index (χ0) is 21.8. The summed E-state index contributed by atoms with van der Waals surface area (Å²) in [4.78, 5) is 27.1. The molecule has 5 atom stereocenters. The number of amides is 2. The van der Waals surface area contributed by atoms with Crippen molar-refractivity contribution in [3.8, 4) is 0 Å². The van der Waals surface area contributed by atoms with Crippen molar-refractivity contribution in [2.24, 2.45) is 11.7 Å². The Labute approximate surface area is 185 Å². The van der Waals surface area contributed by atoms with E-state index in [1.54, 1.807) is 6.08 Å². The average Bonchev–Trinajstić information content (AvgIpc) is 3.10. The lowest BCUT2D eigenvalue weighted by molar-refractivity contribution is -0.141. The normalized spacial score (nSPS) is 31.9. The van der Waals surface area contributed by atoms with Crippen molar-refractivity contribution in [1.29, 1.82) is 0 Å². The molecule has 0 aliphatic carbocycles. The third-order valence-electron chi connectivity index (χ3n) is 6.48. The SMILES string of the molecule is C=C[C@@H]1[C@H]2CCC[C@@H](C(=O)N3[C@H](C(N)=O)CC[C@@H]13)N2S(=O)(=O)c1cc(Cl)cc(Cl)c1. The maximum Gasteiger partial charge on any atom is 0.244 e. The summed E-state index contributed by atoms with van der Waals surface area (Å²) >= 11 is 12.1. The third kappa shape index (κ3) is 3.34. The van der Waals surface area contributed by atoms with E-state index >= 15 is 0 Å². The van der Waals surface area contributed by atoms with E-state index in [9.17, 15) is 18.0 Å². The van der Waals surface area contributed by atoms with E-state index in [4.69, 9.17) is 28.9 Å². The summed E-state index contributed by atoms with van der Waals surface area (Å²) < 4.78 is 28.7. The lowest BCUT2D eigenvalue weighted by Gasteiger charge is -2.40. The molecule has 162 valence electrons. The predicted octanol–water partition coefficient (Wildman–Crippen LogP) is 2.57. The number of benzene rings is 1. The number of sulfonamides is 1. The molecule has 7 nitrogen and oxygen atoms in total. The lowest BCUT2D eigenvalue weighted by Crippen LogP contribution is -2.56. The minimum atomic E-state index is -4.08. The van der Waals surface area contributed by atoms with Crippen molar-refractivity contribution in [1.82, 2.24) is 9.21 Å². The predicted molar refractivity (Wildman–Crippen MR) is 113 cm³/mol. The summed E-state index contributed by atoms with van der Waals surface area (Å²) in [6.07, 6.45) is 4.44. The zero-order valence-electron chi connectivity index (χ0n) is 16.2. The van der Waals surface area contributed by atoms with Gasteiger partial charge in [0, 0.05) is 28.0 Å². The van der Waals surface area contributed by atoms with Crippen LogP contribution < -0.4 is 5.73 Å². The van der Waals surface area contributed by atoms with Gasteiger partial charge in [-0.05, 0) is 50.3 Å². The first kappa shape index (κ1) is 21.6. The lowest BCUT2D eigenvalue weighted by atomic mass is 9.85. The van der Waals surface area contributed by atoms with Crippen molar-refractivity contribution < 1.29 is 18.0 Å². The maximum atomic E-state index is 13.7. The van der Waals surface area contributed by atoms with Crippen LogP contribution in [0.2, 0.25) is 10.0 Å². The number of nitrogens with two attached hydrogens (primary N) is 1. The van der Waals surface area contributed by atoms with Crippen LogP contribution in [0, 0.1) is 5.92 Å². The number of primary amides is 1. The molecule has 3 fully saturated rings. The number of fused-ring (bicyclic) bond motifs is 3. The van der Waals surface area contributed by atoms with E-state index in [1.807, 2.05) is 0 Å². The molecule has 0 radical (unpaired) electrons. The van der Waals surface area contributed by atoms with Crippen LogP contribution in [-0.4, -0.2) is 53.6 Å². The summed E-state index contributed by atoms with van der Waals surface area (Å²) in [6, 6.07) is 1.74. The Balaban J connectivity index is 1.86. The van der Waals surface area contributed by atoms with E-state index in [2.05, 4.69) is 6.58 Å². The van der Waals surface area contributed by atoms with Crippen molar-refractivity contribution >= 4 is 45.0 Å². The first-order valence-electron chi connectivity index (χ1n) is 9.90. The van der Waals surface area contributed by atoms with Crippen molar-refractivity contribution in [3.05, 3.63) is 40.9 Å². The Hall–Kier alpha value is -1.61. The second kappa shape index (κ2) is 7.82. The number of hydrogen-bond acceptors (Lipinski definition) is 4. The second-order valence-corrected chi connectivity index (χ2v) is 10.8. The quantitative estimate of drug-likeness (QED) is 0.681. The van der Waals surface area contributed by atoms with E-state index in [0.717, 1.165) is 0 Å². The highest BCUT2D eigenvalue weighted by atomic mass is 35.5. The Morgan fingerprint density at radius 3 is 2.37 bits per heavy atom. The fourth-order valence-corrected chi connectivity index (χ4v) is 7.88. The van der Waals surface area contributed by atoms with E-state index in [1.165, 1.54) is 27.4 Å². The molecule has 3 heterocycles. The molecule has 0 spiro atoms. The molecule has 0 aromatic heterocycles.